The molecule has 3 aromatic rings. The number of rotatable bonds is 6. The van der Waals surface area contributed by atoms with Crippen molar-refractivity contribution >= 4 is 49.1 Å². The van der Waals surface area contributed by atoms with Crippen LogP contribution in [0.1, 0.15) is 20.8 Å². The number of halogens is 5. The summed E-state index contributed by atoms with van der Waals surface area (Å²) in [5.74, 6) is -0.416. The van der Waals surface area contributed by atoms with E-state index in [4.69, 9.17) is 5.73 Å². The van der Waals surface area contributed by atoms with E-state index in [0.29, 0.717) is 13.8 Å². The minimum atomic E-state index is -4.47. The van der Waals surface area contributed by atoms with E-state index in [2.05, 4.69) is 42.3 Å². The van der Waals surface area contributed by atoms with Gasteiger partial charge in [-0.05, 0) is 56.0 Å². The Kier molecular flexibility index (Phi) is 7.05. The van der Waals surface area contributed by atoms with Crippen LogP contribution in [0.2, 0.25) is 0 Å². The normalized spacial score (nSPS) is 12.8. The Bertz CT molecular complexity index is 1060. The van der Waals surface area contributed by atoms with Gasteiger partial charge in [0.15, 0.2) is 0 Å². The molecular formula is C19H17Br2F3N4OS. The summed E-state index contributed by atoms with van der Waals surface area (Å²) in [5, 5.41) is 6.89. The van der Waals surface area contributed by atoms with Crippen molar-refractivity contribution in [2.24, 2.45) is 12.8 Å². The van der Waals surface area contributed by atoms with Gasteiger partial charge in [-0.25, -0.2) is 0 Å². The number of carbonyl (C=O) groups is 1. The molecule has 3 N–H and O–H groups in total. The van der Waals surface area contributed by atoms with Gasteiger partial charge < -0.3 is 11.1 Å². The smallest absolute Gasteiger partial charge is 0.347 e. The summed E-state index contributed by atoms with van der Waals surface area (Å²) in [7, 11) is 1.79. The van der Waals surface area contributed by atoms with Crippen LogP contribution in [0, 0.1) is 0 Å². The maximum atomic E-state index is 13.3. The van der Waals surface area contributed by atoms with Crippen molar-refractivity contribution in [1.29, 1.82) is 0 Å². The summed E-state index contributed by atoms with van der Waals surface area (Å²) in [6.07, 6.45) is -2.85. The molecule has 1 aromatic carbocycles. The number of carbonyl (C=O) groups excluding carboxylic acids is 1. The summed E-state index contributed by atoms with van der Waals surface area (Å²) >= 11 is 8.15. The summed E-state index contributed by atoms with van der Waals surface area (Å²) in [5.41, 5.74) is 5.93. The van der Waals surface area contributed by atoms with Gasteiger partial charge in [0, 0.05) is 25.8 Å². The molecule has 0 fully saturated rings. The Labute approximate surface area is 191 Å². The number of thiophene rings is 1. The topological polar surface area (TPSA) is 72.9 Å². The average Bonchev–Trinajstić information content (AvgIpc) is 3.24. The number of nitrogens with two attached hydrogens (primary N) is 1. The third-order valence-electron chi connectivity index (χ3n) is 4.46. The van der Waals surface area contributed by atoms with Crippen LogP contribution in [-0.4, -0.2) is 28.3 Å². The number of hydrogen-bond donors (Lipinski definition) is 2. The van der Waals surface area contributed by atoms with E-state index in [1.54, 1.807) is 17.9 Å². The first-order valence-corrected chi connectivity index (χ1v) is 11.2. The van der Waals surface area contributed by atoms with Crippen LogP contribution < -0.4 is 11.1 Å². The lowest BCUT2D eigenvalue weighted by atomic mass is 9.99. The fraction of sp³-hybridized carbons (Fsp3) is 0.263. The Morgan fingerprint density at radius 2 is 1.97 bits per heavy atom. The Morgan fingerprint density at radius 1 is 1.27 bits per heavy atom. The first-order valence-electron chi connectivity index (χ1n) is 8.75. The highest BCUT2D eigenvalue weighted by molar-refractivity contribution is 9.13. The molecule has 0 unspecified atom stereocenters. The lowest BCUT2D eigenvalue weighted by Crippen LogP contribution is -2.41. The highest BCUT2D eigenvalue weighted by Crippen LogP contribution is 2.43. The Balaban J connectivity index is 1.83. The highest BCUT2D eigenvalue weighted by Gasteiger charge is 2.33. The van der Waals surface area contributed by atoms with Crippen LogP contribution in [0.4, 0.5) is 13.2 Å². The number of nitrogens with zero attached hydrogens (tertiary/aromatic N) is 2. The van der Waals surface area contributed by atoms with E-state index in [1.807, 2.05) is 6.07 Å². The lowest BCUT2D eigenvalue weighted by molar-refractivity contribution is -0.138. The second-order valence-electron chi connectivity index (χ2n) is 6.49. The average molecular weight is 566 g/mol. The third-order valence-corrected chi connectivity index (χ3v) is 8.32. The molecule has 160 valence electrons. The first-order chi connectivity index (χ1) is 14.1. The van der Waals surface area contributed by atoms with Gasteiger partial charge in [-0.3, -0.25) is 9.48 Å². The molecule has 0 spiro atoms. The number of aromatic nitrogens is 2. The molecule has 1 atom stereocenters. The molecule has 2 aromatic heterocycles. The fourth-order valence-corrected chi connectivity index (χ4v) is 5.55. The summed E-state index contributed by atoms with van der Waals surface area (Å²) in [6.45, 7) is -0.00329. The van der Waals surface area contributed by atoms with E-state index in [1.165, 1.54) is 29.5 Å². The lowest BCUT2D eigenvalue weighted by Gasteiger charge is -2.19. The Morgan fingerprint density at radius 3 is 2.57 bits per heavy atom. The molecular weight excluding hydrogens is 549 g/mol. The standard InChI is InChI=1S/C19H17Br2F3N4OS/c1-28-13(6-7-26-28)16-14(20)15(21)17(30-16)18(29)27-11(9-25)8-10-4-2-3-5-12(10)19(22,23)24/h2-7,11H,8-9,25H2,1H3,(H,27,29)/t11-/m0/s1. The molecule has 0 bridgehead atoms. The second-order valence-corrected chi connectivity index (χ2v) is 9.10. The van der Waals surface area contributed by atoms with Crippen LogP contribution in [-0.2, 0) is 19.6 Å². The van der Waals surface area contributed by atoms with Gasteiger partial charge in [0.2, 0.25) is 0 Å². The maximum absolute atomic E-state index is 13.3. The van der Waals surface area contributed by atoms with Crippen molar-refractivity contribution in [2.45, 2.75) is 18.6 Å². The summed E-state index contributed by atoms with van der Waals surface area (Å²) < 4.78 is 42.7. The number of hydrogen-bond acceptors (Lipinski definition) is 4. The zero-order valence-electron chi connectivity index (χ0n) is 15.6. The number of aryl methyl sites for hydroxylation is 1. The van der Waals surface area contributed by atoms with Crippen molar-refractivity contribution in [1.82, 2.24) is 15.1 Å². The minimum absolute atomic E-state index is 0.00329. The van der Waals surface area contributed by atoms with Crippen LogP contribution in [0.3, 0.4) is 0 Å². The van der Waals surface area contributed by atoms with E-state index in [-0.39, 0.29) is 18.5 Å². The molecule has 0 saturated heterocycles. The largest absolute Gasteiger partial charge is 0.416 e. The van der Waals surface area contributed by atoms with E-state index >= 15 is 0 Å². The molecule has 3 rings (SSSR count). The van der Waals surface area contributed by atoms with Crippen molar-refractivity contribution in [2.75, 3.05) is 6.54 Å². The van der Waals surface area contributed by atoms with Crippen LogP contribution in [0.15, 0.2) is 45.5 Å². The molecule has 11 heteroatoms. The van der Waals surface area contributed by atoms with E-state index < -0.39 is 23.7 Å². The van der Waals surface area contributed by atoms with Gasteiger partial charge in [0.05, 0.1) is 25.1 Å². The molecule has 0 aliphatic carbocycles. The van der Waals surface area contributed by atoms with Gasteiger partial charge in [0.25, 0.3) is 5.91 Å². The van der Waals surface area contributed by atoms with E-state index in [0.717, 1.165) is 16.6 Å². The van der Waals surface area contributed by atoms with Crippen molar-refractivity contribution < 1.29 is 18.0 Å². The maximum Gasteiger partial charge on any atom is 0.416 e. The zero-order chi connectivity index (χ0) is 22.1. The van der Waals surface area contributed by atoms with Gasteiger partial charge >= 0.3 is 6.18 Å². The molecule has 0 aliphatic heterocycles. The SMILES string of the molecule is Cn1nccc1-c1sc(C(=O)N[C@H](CN)Cc2ccccc2C(F)(F)F)c(Br)c1Br. The third kappa shape index (κ3) is 4.79. The van der Waals surface area contributed by atoms with Crippen molar-refractivity contribution in [3.8, 4) is 10.6 Å². The van der Waals surface area contributed by atoms with Crippen LogP contribution in [0.25, 0.3) is 10.6 Å². The van der Waals surface area contributed by atoms with Crippen LogP contribution in [0.5, 0.6) is 0 Å². The quantitative estimate of drug-likeness (QED) is 0.442. The van der Waals surface area contributed by atoms with Crippen molar-refractivity contribution in [3.05, 3.63) is 61.5 Å². The highest BCUT2D eigenvalue weighted by atomic mass is 79.9. The number of nitrogens with one attached hydrogen (secondary N) is 1. The number of alkyl halides is 3. The molecule has 0 saturated carbocycles. The van der Waals surface area contributed by atoms with Crippen LogP contribution >= 0.6 is 43.2 Å². The molecule has 1 amide bonds. The second kappa shape index (κ2) is 9.21. The summed E-state index contributed by atoms with van der Waals surface area (Å²) in [4.78, 5) is 14.1. The molecule has 0 aliphatic rings. The van der Waals surface area contributed by atoms with Gasteiger partial charge in [-0.2, -0.15) is 18.3 Å². The number of benzene rings is 1. The fourth-order valence-electron chi connectivity index (χ4n) is 2.98. The zero-order valence-corrected chi connectivity index (χ0v) is 19.6. The van der Waals surface area contributed by atoms with Gasteiger partial charge in [-0.1, -0.05) is 18.2 Å². The number of amides is 1. The minimum Gasteiger partial charge on any atom is -0.347 e. The molecule has 2 heterocycles. The Hall–Kier alpha value is -1.69. The molecule has 30 heavy (non-hydrogen) atoms. The van der Waals surface area contributed by atoms with Crippen molar-refractivity contribution in [3.63, 3.8) is 0 Å². The molecule has 5 nitrogen and oxygen atoms in total. The van der Waals surface area contributed by atoms with E-state index in [9.17, 15) is 18.0 Å². The summed E-state index contributed by atoms with van der Waals surface area (Å²) in [6, 6.07) is 6.46. The predicted molar refractivity (Wildman–Crippen MR) is 117 cm³/mol. The predicted octanol–water partition coefficient (Wildman–Crippen LogP) is 4.99. The van der Waals surface area contributed by atoms with Gasteiger partial charge in [-0.15, -0.1) is 11.3 Å². The van der Waals surface area contributed by atoms with Gasteiger partial charge in [0.1, 0.15) is 4.88 Å². The first kappa shape index (κ1) is 23.0. The monoisotopic (exact) mass is 564 g/mol. The molecule has 0 radical (unpaired) electrons.